The Bertz CT molecular complexity index is 191. The van der Waals surface area contributed by atoms with Crippen molar-refractivity contribution in [2.24, 2.45) is 5.92 Å². The van der Waals surface area contributed by atoms with E-state index in [-0.39, 0.29) is 6.10 Å². The molecule has 2 N–H and O–H groups in total. The molecule has 2 aliphatic rings. The molecule has 1 unspecified atom stereocenters. The third kappa shape index (κ3) is 2.32. The van der Waals surface area contributed by atoms with Crippen molar-refractivity contribution in [3.8, 4) is 0 Å². The molecule has 0 aromatic heterocycles. The van der Waals surface area contributed by atoms with E-state index >= 15 is 0 Å². The Morgan fingerprint density at radius 3 is 2.69 bits per heavy atom. The van der Waals surface area contributed by atoms with Gasteiger partial charge < -0.3 is 10.4 Å². The van der Waals surface area contributed by atoms with Crippen LogP contribution in [0.25, 0.3) is 0 Å². The Morgan fingerprint density at radius 2 is 2.15 bits per heavy atom. The van der Waals surface area contributed by atoms with Gasteiger partial charge in [-0.2, -0.15) is 0 Å². The first-order valence-corrected chi connectivity index (χ1v) is 5.42. The minimum absolute atomic E-state index is 0.0702. The molecule has 74 valence electrons. The molecule has 0 saturated heterocycles. The zero-order valence-corrected chi connectivity index (χ0v) is 8.08. The highest BCUT2D eigenvalue weighted by Crippen LogP contribution is 2.22. The average molecular weight is 181 g/mol. The first kappa shape index (κ1) is 9.22. The molecule has 2 rings (SSSR count). The largest absolute Gasteiger partial charge is 0.392 e. The summed E-state index contributed by atoms with van der Waals surface area (Å²) in [6.07, 6.45) is 10.4. The first-order chi connectivity index (χ1) is 6.36. The molecule has 13 heavy (non-hydrogen) atoms. The lowest BCUT2D eigenvalue weighted by molar-refractivity contribution is 0.0479. The second-order valence-electron chi connectivity index (χ2n) is 4.31. The quantitative estimate of drug-likeness (QED) is 0.646. The van der Waals surface area contributed by atoms with Gasteiger partial charge in [-0.25, -0.2) is 0 Å². The Morgan fingerprint density at radius 1 is 1.23 bits per heavy atom. The maximum Gasteiger partial charge on any atom is 0.0693 e. The molecule has 3 atom stereocenters. The zero-order chi connectivity index (χ0) is 9.10. The van der Waals surface area contributed by atoms with Gasteiger partial charge in [0.15, 0.2) is 0 Å². The Hall–Kier alpha value is -0.340. The number of hydrogen-bond acceptors (Lipinski definition) is 2. The van der Waals surface area contributed by atoms with Gasteiger partial charge in [0.05, 0.1) is 6.10 Å². The van der Waals surface area contributed by atoms with Crippen LogP contribution >= 0.6 is 0 Å². The summed E-state index contributed by atoms with van der Waals surface area (Å²) in [6, 6.07) is 0.394. The van der Waals surface area contributed by atoms with Crippen molar-refractivity contribution in [2.45, 2.75) is 44.2 Å². The van der Waals surface area contributed by atoms with Crippen molar-refractivity contribution in [2.75, 3.05) is 6.54 Å². The topological polar surface area (TPSA) is 32.3 Å². The number of rotatable bonds is 3. The fourth-order valence-corrected chi connectivity index (χ4v) is 2.08. The fourth-order valence-electron chi connectivity index (χ4n) is 2.08. The Labute approximate surface area is 80.0 Å². The van der Waals surface area contributed by atoms with Gasteiger partial charge in [-0.05, 0) is 44.6 Å². The number of allylic oxidation sites excluding steroid dienone is 2. The maximum atomic E-state index is 9.36. The summed E-state index contributed by atoms with van der Waals surface area (Å²) in [6.45, 7) is 1.09. The van der Waals surface area contributed by atoms with Gasteiger partial charge in [-0.15, -0.1) is 0 Å². The van der Waals surface area contributed by atoms with Gasteiger partial charge in [0.1, 0.15) is 0 Å². The monoisotopic (exact) mass is 181 g/mol. The lowest BCUT2D eigenvalue weighted by atomic mass is 9.88. The number of aliphatic hydroxyl groups is 1. The van der Waals surface area contributed by atoms with E-state index in [2.05, 4.69) is 17.5 Å². The first-order valence-electron chi connectivity index (χ1n) is 5.42. The van der Waals surface area contributed by atoms with Crippen molar-refractivity contribution < 1.29 is 5.11 Å². The summed E-state index contributed by atoms with van der Waals surface area (Å²) >= 11 is 0. The normalized spacial score (nSPS) is 38.7. The third-order valence-corrected chi connectivity index (χ3v) is 3.28. The molecule has 1 fully saturated rings. The molecule has 1 saturated carbocycles. The molecule has 2 nitrogen and oxygen atoms in total. The molecule has 0 bridgehead atoms. The summed E-state index contributed by atoms with van der Waals surface area (Å²) < 4.78 is 0. The van der Waals surface area contributed by atoms with Crippen LogP contribution in [0.3, 0.4) is 0 Å². The highest BCUT2D eigenvalue weighted by Gasteiger charge is 2.28. The van der Waals surface area contributed by atoms with E-state index in [1.54, 1.807) is 0 Å². The van der Waals surface area contributed by atoms with Gasteiger partial charge in [0.25, 0.3) is 0 Å². The van der Waals surface area contributed by atoms with Crippen molar-refractivity contribution in [1.29, 1.82) is 0 Å². The van der Waals surface area contributed by atoms with E-state index in [0.29, 0.717) is 6.04 Å². The molecule has 0 aliphatic heterocycles. The molecule has 0 amide bonds. The van der Waals surface area contributed by atoms with Crippen LogP contribution < -0.4 is 5.32 Å². The van der Waals surface area contributed by atoms with Crippen LogP contribution in [0.5, 0.6) is 0 Å². The lowest BCUT2D eigenvalue weighted by Gasteiger charge is -2.34. The zero-order valence-electron chi connectivity index (χ0n) is 8.08. The molecule has 2 aliphatic carbocycles. The predicted molar refractivity (Wildman–Crippen MR) is 53.5 cm³/mol. The predicted octanol–water partition coefficient (Wildman–Crippen LogP) is 1.46. The van der Waals surface area contributed by atoms with Crippen LogP contribution in [0, 0.1) is 5.92 Å². The van der Waals surface area contributed by atoms with E-state index in [0.717, 1.165) is 25.3 Å². The SMILES string of the molecule is O[C@@H]1CC[C@H]1NCC1CC=CCC1. The van der Waals surface area contributed by atoms with Crippen LogP contribution in [0.1, 0.15) is 32.1 Å². The second kappa shape index (κ2) is 4.25. The van der Waals surface area contributed by atoms with Crippen LogP contribution in [0.4, 0.5) is 0 Å². The molecule has 0 radical (unpaired) electrons. The Kier molecular flexibility index (Phi) is 3.01. The highest BCUT2D eigenvalue weighted by molar-refractivity contribution is 4.92. The molecule has 2 heteroatoms. The average Bonchev–Trinajstić information content (AvgIpc) is 2.17. The van der Waals surface area contributed by atoms with Gasteiger partial charge in [0, 0.05) is 6.04 Å². The molecular formula is C11H19NO. The lowest BCUT2D eigenvalue weighted by Crippen LogP contribution is -2.49. The molecular weight excluding hydrogens is 162 g/mol. The molecule has 0 aromatic carbocycles. The number of nitrogens with one attached hydrogen (secondary N) is 1. The Balaban J connectivity index is 1.64. The standard InChI is InChI=1S/C11H19NO/c13-11-7-6-10(11)12-8-9-4-2-1-3-5-9/h1-2,9-13H,3-8H2/t9?,10-,11-/m1/s1. The van der Waals surface area contributed by atoms with Crippen LogP contribution in [-0.2, 0) is 0 Å². The number of hydrogen-bond donors (Lipinski definition) is 2. The van der Waals surface area contributed by atoms with Crippen molar-refractivity contribution in [3.63, 3.8) is 0 Å². The van der Waals surface area contributed by atoms with Gasteiger partial charge >= 0.3 is 0 Å². The van der Waals surface area contributed by atoms with E-state index < -0.39 is 0 Å². The smallest absolute Gasteiger partial charge is 0.0693 e. The van der Waals surface area contributed by atoms with E-state index in [1.165, 1.54) is 19.3 Å². The van der Waals surface area contributed by atoms with E-state index in [1.807, 2.05) is 0 Å². The van der Waals surface area contributed by atoms with E-state index in [4.69, 9.17) is 0 Å². The molecule has 0 spiro atoms. The van der Waals surface area contributed by atoms with E-state index in [9.17, 15) is 5.11 Å². The van der Waals surface area contributed by atoms with Crippen LogP contribution in [0.15, 0.2) is 12.2 Å². The summed E-state index contributed by atoms with van der Waals surface area (Å²) in [5, 5.41) is 12.8. The van der Waals surface area contributed by atoms with Crippen LogP contribution in [0.2, 0.25) is 0 Å². The van der Waals surface area contributed by atoms with Crippen LogP contribution in [-0.4, -0.2) is 23.8 Å². The third-order valence-electron chi connectivity index (χ3n) is 3.28. The van der Waals surface area contributed by atoms with Crippen molar-refractivity contribution >= 4 is 0 Å². The van der Waals surface area contributed by atoms with Gasteiger partial charge in [-0.1, -0.05) is 12.2 Å². The van der Waals surface area contributed by atoms with Crippen molar-refractivity contribution in [3.05, 3.63) is 12.2 Å². The minimum Gasteiger partial charge on any atom is -0.392 e. The summed E-state index contributed by atoms with van der Waals surface area (Å²) in [5.41, 5.74) is 0. The maximum absolute atomic E-state index is 9.36. The number of aliphatic hydroxyl groups excluding tert-OH is 1. The summed E-state index contributed by atoms with van der Waals surface area (Å²) in [4.78, 5) is 0. The highest BCUT2D eigenvalue weighted by atomic mass is 16.3. The summed E-state index contributed by atoms with van der Waals surface area (Å²) in [7, 11) is 0. The minimum atomic E-state index is -0.0702. The fraction of sp³-hybridized carbons (Fsp3) is 0.818. The molecule has 0 aromatic rings. The molecule has 0 heterocycles. The summed E-state index contributed by atoms with van der Waals surface area (Å²) in [5.74, 6) is 0.804. The van der Waals surface area contributed by atoms with Crippen molar-refractivity contribution in [1.82, 2.24) is 5.32 Å². The van der Waals surface area contributed by atoms with Gasteiger partial charge in [-0.3, -0.25) is 0 Å². The van der Waals surface area contributed by atoms with Gasteiger partial charge in [0.2, 0.25) is 0 Å². The second-order valence-corrected chi connectivity index (χ2v) is 4.31.